The third-order valence-corrected chi connectivity index (χ3v) is 2.88. The van der Waals surface area contributed by atoms with E-state index in [0.717, 1.165) is 11.0 Å². The third-order valence-electron chi connectivity index (χ3n) is 1.83. The van der Waals surface area contributed by atoms with E-state index in [1.165, 1.54) is 17.4 Å². The summed E-state index contributed by atoms with van der Waals surface area (Å²) in [7, 11) is 1.56. The summed E-state index contributed by atoms with van der Waals surface area (Å²) < 4.78 is 4.81. The van der Waals surface area contributed by atoms with Crippen LogP contribution in [0.2, 0.25) is 0 Å². The number of amides is 1. The Kier molecular flexibility index (Phi) is 5.38. The van der Waals surface area contributed by atoms with Gasteiger partial charge in [0.25, 0.3) is 5.91 Å². The molecule has 0 atom stereocenters. The molecule has 2 N–H and O–H groups in total. The van der Waals surface area contributed by atoms with Crippen LogP contribution in [0.25, 0.3) is 6.08 Å². The zero-order valence-electron chi connectivity index (χ0n) is 9.30. The molecule has 0 aliphatic carbocycles. The molecule has 1 heterocycles. The number of ether oxygens (including phenoxy) is 1. The summed E-state index contributed by atoms with van der Waals surface area (Å²) >= 11 is 1.24. The van der Waals surface area contributed by atoms with E-state index in [9.17, 15) is 9.59 Å². The van der Waals surface area contributed by atoms with Crippen LogP contribution in [-0.2, 0) is 9.53 Å². The third kappa shape index (κ3) is 4.80. The Labute approximate surface area is 103 Å². The normalized spacial score (nSPS) is 10.6. The molecule has 1 rings (SSSR count). The van der Waals surface area contributed by atoms with Gasteiger partial charge in [0.15, 0.2) is 0 Å². The lowest BCUT2D eigenvalue weighted by molar-refractivity contribution is -0.131. The first-order valence-corrected chi connectivity index (χ1v) is 5.73. The number of methoxy groups -OCH3 is 1. The fraction of sp³-hybridized carbons (Fsp3) is 0.273. The SMILES string of the molecule is COCCNC(=O)c1ccc(/C=C/C(=O)O)s1. The number of carbonyl (C=O) groups excluding carboxylic acids is 1. The molecule has 1 aromatic rings. The van der Waals surface area contributed by atoms with E-state index in [0.29, 0.717) is 18.0 Å². The van der Waals surface area contributed by atoms with Crippen LogP contribution in [0, 0.1) is 0 Å². The zero-order valence-corrected chi connectivity index (χ0v) is 10.1. The molecular weight excluding hydrogens is 242 g/mol. The van der Waals surface area contributed by atoms with Crippen molar-refractivity contribution >= 4 is 29.3 Å². The molecule has 1 aromatic heterocycles. The number of hydrogen-bond acceptors (Lipinski definition) is 4. The molecular formula is C11H13NO4S. The predicted octanol–water partition coefficient (Wildman–Crippen LogP) is 1.22. The number of rotatable bonds is 6. The lowest BCUT2D eigenvalue weighted by Crippen LogP contribution is -2.26. The summed E-state index contributed by atoms with van der Waals surface area (Å²) in [5, 5.41) is 11.1. The van der Waals surface area contributed by atoms with Crippen LogP contribution in [-0.4, -0.2) is 37.2 Å². The Balaban J connectivity index is 2.55. The average molecular weight is 255 g/mol. The first-order chi connectivity index (χ1) is 8.13. The molecule has 0 saturated carbocycles. The molecule has 0 fully saturated rings. The standard InChI is InChI=1S/C11H13NO4S/c1-16-7-6-12-11(15)9-4-2-8(17-9)3-5-10(13)14/h2-5H,6-7H2,1H3,(H,12,15)(H,13,14)/b5-3+. The van der Waals surface area contributed by atoms with Crippen molar-refractivity contribution in [2.45, 2.75) is 0 Å². The Hall–Kier alpha value is -1.66. The number of hydrogen-bond donors (Lipinski definition) is 2. The smallest absolute Gasteiger partial charge is 0.328 e. The van der Waals surface area contributed by atoms with Gasteiger partial charge in [-0.2, -0.15) is 0 Å². The minimum atomic E-state index is -1.01. The molecule has 0 aromatic carbocycles. The lowest BCUT2D eigenvalue weighted by atomic mass is 10.4. The quantitative estimate of drug-likeness (QED) is 0.592. The van der Waals surface area contributed by atoms with Crippen molar-refractivity contribution in [3.63, 3.8) is 0 Å². The lowest BCUT2D eigenvalue weighted by Gasteiger charge is -2.01. The molecule has 0 bridgehead atoms. The summed E-state index contributed by atoms with van der Waals surface area (Å²) in [6.07, 6.45) is 2.50. The van der Waals surface area contributed by atoms with Gasteiger partial charge in [0.1, 0.15) is 0 Å². The summed E-state index contributed by atoms with van der Waals surface area (Å²) in [6.45, 7) is 0.913. The highest BCUT2D eigenvalue weighted by Crippen LogP contribution is 2.17. The topological polar surface area (TPSA) is 75.6 Å². The van der Waals surface area contributed by atoms with Crippen molar-refractivity contribution in [2.75, 3.05) is 20.3 Å². The maximum absolute atomic E-state index is 11.6. The largest absolute Gasteiger partial charge is 0.478 e. The minimum Gasteiger partial charge on any atom is -0.478 e. The monoisotopic (exact) mass is 255 g/mol. The van der Waals surface area contributed by atoms with E-state index in [1.54, 1.807) is 19.2 Å². The number of nitrogens with one attached hydrogen (secondary N) is 1. The molecule has 5 nitrogen and oxygen atoms in total. The summed E-state index contributed by atoms with van der Waals surface area (Å²) in [4.78, 5) is 23.2. The van der Waals surface area contributed by atoms with Crippen LogP contribution in [0.15, 0.2) is 18.2 Å². The molecule has 0 saturated heterocycles. The summed E-state index contributed by atoms with van der Waals surface area (Å²) in [5.41, 5.74) is 0. The molecule has 0 aliphatic rings. The zero-order chi connectivity index (χ0) is 12.7. The van der Waals surface area contributed by atoms with Crippen molar-refractivity contribution in [3.05, 3.63) is 28.0 Å². The molecule has 1 amide bonds. The first-order valence-electron chi connectivity index (χ1n) is 4.91. The van der Waals surface area contributed by atoms with Gasteiger partial charge in [-0.1, -0.05) is 0 Å². The van der Waals surface area contributed by atoms with Crippen LogP contribution in [0.4, 0.5) is 0 Å². The first kappa shape index (κ1) is 13.4. The van der Waals surface area contributed by atoms with Crippen LogP contribution in [0.3, 0.4) is 0 Å². The highest BCUT2D eigenvalue weighted by Gasteiger charge is 2.07. The molecule has 92 valence electrons. The van der Waals surface area contributed by atoms with Crippen LogP contribution < -0.4 is 5.32 Å². The predicted molar refractivity (Wildman–Crippen MR) is 65.2 cm³/mol. The molecule has 0 radical (unpaired) electrons. The fourth-order valence-corrected chi connectivity index (χ4v) is 1.90. The van der Waals surface area contributed by atoms with Crippen molar-refractivity contribution in [2.24, 2.45) is 0 Å². The molecule has 0 spiro atoms. The average Bonchev–Trinajstić information content (AvgIpc) is 2.75. The van der Waals surface area contributed by atoms with E-state index < -0.39 is 5.97 Å². The maximum Gasteiger partial charge on any atom is 0.328 e. The van der Waals surface area contributed by atoms with Crippen molar-refractivity contribution in [1.82, 2.24) is 5.32 Å². The maximum atomic E-state index is 11.6. The number of carboxylic acid groups (broad SMARTS) is 1. The highest BCUT2D eigenvalue weighted by molar-refractivity contribution is 7.14. The number of carboxylic acids is 1. The van der Waals surface area contributed by atoms with Crippen molar-refractivity contribution < 1.29 is 19.4 Å². The van der Waals surface area contributed by atoms with E-state index in [-0.39, 0.29) is 5.91 Å². The number of thiophene rings is 1. The minimum absolute atomic E-state index is 0.179. The highest BCUT2D eigenvalue weighted by atomic mass is 32.1. The summed E-state index contributed by atoms with van der Waals surface area (Å²) in [5.74, 6) is -1.19. The molecule has 6 heteroatoms. The number of aliphatic carboxylic acids is 1. The van der Waals surface area contributed by atoms with Crippen molar-refractivity contribution in [1.29, 1.82) is 0 Å². The van der Waals surface area contributed by atoms with Gasteiger partial charge in [0.2, 0.25) is 0 Å². The van der Waals surface area contributed by atoms with Gasteiger partial charge in [0, 0.05) is 24.6 Å². The van der Waals surface area contributed by atoms with Gasteiger partial charge >= 0.3 is 5.97 Å². The Morgan fingerprint density at radius 2 is 2.29 bits per heavy atom. The second-order valence-corrected chi connectivity index (χ2v) is 4.24. The van der Waals surface area contributed by atoms with Gasteiger partial charge < -0.3 is 15.2 Å². The van der Waals surface area contributed by atoms with E-state index in [1.807, 2.05) is 0 Å². The van der Waals surface area contributed by atoms with E-state index in [2.05, 4.69) is 5.32 Å². The van der Waals surface area contributed by atoms with Crippen LogP contribution >= 0.6 is 11.3 Å². The Morgan fingerprint density at radius 3 is 2.94 bits per heavy atom. The van der Waals surface area contributed by atoms with Gasteiger partial charge in [-0.05, 0) is 18.2 Å². The number of carbonyl (C=O) groups is 2. The van der Waals surface area contributed by atoms with E-state index in [4.69, 9.17) is 9.84 Å². The van der Waals surface area contributed by atoms with Crippen LogP contribution in [0.5, 0.6) is 0 Å². The second kappa shape index (κ2) is 6.82. The summed E-state index contributed by atoms with van der Waals surface area (Å²) in [6, 6.07) is 3.36. The second-order valence-electron chi connectivity index (χ2n) is 3.12. The van der Waals surface area contributed by atoms with Gasteiger partial charge in [-0.25, -0.2) is 4.79 Å². The molecule has 0 unspecified atom stereocenters. The molecule has 17 heavy (non-hydrogen) atoms. The Morgan fingerprint density at radius 1 is 1.53 bits per heavy atom. The molecule has 0 aliphatic heterocycles. The fourth-order valence-electron chi connectivity index (χ4n) is 1.07. The van der Waals surface area contributed by atoms with Crippen LogP contribution in [0.1, 0.15) is 14.5 Å². The van der Waals surface area contributed by atoms with Gasteiger partial charge in [0.05, 0.1) is 11.5 Å². The van der Waals surface area contributed by atoms with E-state index >= 15 is 0 Å². The van der Waals surface area contributed by atoms with Gasteiger partial charge in [-0.3, -0.25) is 4.79 Å². The Bertz CT molecular complexity index is 425. The van der Waals surface area contributed by atoms with Crippen molar-refractivity contribution in [3.8, 4) is 0 Å². The van der Waals surface area contributed by atoms with Gasteiger partial charge in [-0.15, -0.1) is 11.3 Å².